The quantitative estimate of drug-likeness (QED) is 0.862. The molecule has 0 aliphatic rings. The molecule has 7 heteroatoms. The normalized spacial score (nSPS) is 10.6. The van der Waals surface area contributed by atoms with Gasteiger partial charge in [-0.05, 0) is 18.2 Å². The Morgan fingerprint density at radius 1 is 1.40 bits per heavy atom. The number of benzene rings is 1. The van der Waals surface area contributed by atoms with E-state index in [1.807, 2.05) is 0 Å². The first kappa shape index (κ1) is 14.8. The molecule has 0 aliphatic carbocycles. The number of ether oxygens (including phenoxy) is 1. The molecule has 1 N–H and O–H groups in total. The number of carbonyl (C=O) groups excluding carboxylic acids is 1. The van der Waals surface area contributed by atoms with E-state index in [4.69, 9.17) is 32.4 Å². The molecule has 0 radical (unpaired) electrons. The van der Waals surface area contributed by atoms with Gasteiger partial charge in [0.2, 0.25) is 5.89 Å². The predicted molar refractivity (Wildman–Crippen MR) is 76.2 cm³/mol. The molecule has 0 saturated carbocycles. The van der Waals surface area contributed by atoms with Crippen LogP contribution in [-0.2, 0) is 4.74 Å². The molecule has 0 fully saturated rings. The van der Waals surface area contributed by atoms with Crippen molar-refractivity contribution in [1.29, 1.82) is 0 Å². The summed E-state index contributed by atoms with van der Waals surface area (Å²) >= 11 is 11.8. The van der Waals surface area contributed by atoms with Crippen molar-refractivity contribution in [2.45, 2.75) is 0 Å². The molecule has 1 heterocycles. The minimum atomic E-state index is -0.322. The van der Waals surface area contributed by atoms with Gasteiger partial charge in [-0.1, -0.05) is 23.2 Å². The van der Waals surface area contributed by atoms with Crippen LogP contribution in [0.5, 0.6) is 0 Å². The smallest absolute Gasteiger partial charge is 0.273 e. The van der Waals surface area contributed by atoms with Crippen molar-refractivity contribution in [2.24, 2.45) is 0 Å². The number of amides is 1. The highest BCUT2D eigenvalue weighted by molar-refractivity contribution is 6.42. The molecule has 106 valence electrons. The number of hydrogen-bond donors (Lipinski definition) is 1. The van der Waals surface area contributed by atoms with E-state index in [0.29, 0.717) is 34.7 Å². The highest BCUT2D eigenvalue weighted by Gasteiger charge is 2.13. The molecular weight excluding hydrogens is 303 g/mol. The lowest BCUT2D eigenvalue weighted by Crippen LogP contribution is -2.27. The average molecular weight is 315 g/mol. The maximum atomic E-state index is 11.7. The van der Waals surface area contributed by atoms with Gasteiger partial charge < -0.3 is 14.5 Å². The third kappa shape index (κ3) is 3.50. The van der Waals surface area contributed by atoms with Crippen molar-refractivity contribution in [1.82, 2.24) is 10.3 Å². The van der Waals surface area contributed by atoms with Crippen LogP contribution in [-0.4, -0.2) is 31.2 Å². The lowest BCUT2D eigenvalue weighted by atomic mass is 10.2. The number of rotatable bonds is 5. The molecule has 20 heavy (non-hydrogen) atoms. The molecule has 2 aromatic rings. The van der Waals surface area contributed by atoms with Crippen LogP contribution in [0.3, 0.4) is 0 Å². The Morgan fingerprint density at radius 2 is 2.20 bits per heavy atom. The molecule has 0 spiro atoms. The van der Waals surface area contributed by atoms with E-state index >= 15 is 0 Å². The van der Waals surface area contributed by atoms with E-state index in [1.54, 1.807) is 25.3 Å². The van der Waals surface area contributed by atoms with E-state index in [1.165, 1.54) is 6.26 Å². The number of carbonyl (C=O) groups is 1. The lowest BCUT2D eigenvalue weighted by molar-refractivity contribution is 0.0932. The van der Waals surface area contributed by atoms with Gasteiger partial charge in [0.1, 0.15) is 6.26 Å². The van der Waals surface area contributed by atoms with Crippen LogP contribution in [0.15, 0.2) is 28.9 Å². The molecule has 5 nitrogen and oxygen atoms in total. The molecule has 2 rings (SSSR count). The summed E-state index contributed by atoms with van der Waals surface area (Å²) < 4.78 is 10.1. The van der Waals surface area contributed by atoms with Gasteiger partial charge in [-0.3, -0.25) is 4.79 Å². The fraction of sp³-hybridized carbons (Fsp3) is 0.231. The Bertz CT molecular complexity index is 613. The minimum Gasteiger partial charge on any atom is -0.444 e. The number of nitrogens with one attached hydrogen (secondary N) is 1. The van der Waals surface area contributed by atoms with Crippen LogP contribution in [0, 0.1) is 0 Å². The van der Waals surface area contributed by atoms with Crippen LogP contribution in [0.25, 0.3) is 11.5 Å². The Morgan fingerprint density at radius 3 is 2.90 bits per heavy atom. The first-order chi connectivity index (χ1) is 9.61. The van der Waals surface area contributed by atoms with E-state index in [0.717, 1.165) is 0 Å². The summed E-state index contributed by atoms with van der Waals surface area (Å²) in [7, 11) is 1.56. The van der Waals surface area contributed by atoms with Crippen LogP contribution in [0.4, 0.5) is 0 Å². The summed E-state index contributed by atoms with van der Waals surface area (Å²) in [4.78, 5) is 15.9. The van der Waals surface area contributed by atoms with Crippen LogP contribution < -0.4 is 5.32 Å². The fourth-order valence-corrected chi connectivity index (χ4v) is 1.80. The highest BCUT2D eigenvalue weighted by atomic mass is 35.5. The molecule has 0 bridgehead atoms. The van der Waals surface area contributed by atoms with Crippen molar-refractivity contribution in [3.05, 3.63) is 40.2 Å². The molecule has 0 unspecified atom stereocenters. The van der Waals surface area contributed by atoms with Crippen molar-refractivity contribution >= 4 is 29.1 Å². The van der Waals surface area contributed by atoms with E-state index < -0.39 is 0 Å². The van der Waals surface area contributed by atoms with Crippen LogP contribution >= 0.6 is 23.2 Å². The molecular formula is C13H12Cl2N2O3. The first-order valence-electron chi connectivity index (χ1n) is 5.80. The number of nitrogens with zero attached hydrogens (tertiary/aromatic N) is 1. The summed E-state index contributed by atoms with van der Waals surface area (Å²) in [6, 6.07) is 4.98. The summed E-state index contributed by atoms with van der Waals surface area (Å²) in [5.74, 6) is -0.0161. The predicted octanol–water partition coefficient (Wildman–Crippen LogP) is 3.02. The fourth-order valence-electron chi connectivity index (χ4n) is 1.50. The Hall–Kier alpha value is -1.56. The number of halogens is 2. The van der Waals surface area contributed by atoms with E-state index in [2.05, 4.69) is 10.3 Å². The van der Waals surface area contributed by atoms with Gasteiger partial charge in [0.15, 0.2) is 5.69 Å². The van der Waals surface area contributed by atoms with Gasteiger partial charge in [-0.25, -0.2) is 4.98 Å². The Labute approximate surface area is 125 Å². The monoisotopic (exact) mass is 314 g/mol. The standard InChI is InChI=1S/C13H12Cl2N2O3/c1-19-5-4-16-12(18)11-7-20-13(17-11)8-2-3-9(14)10(15)6-8/h2-3,6-7H,4-5H2,1H3,(H,16,18). The lowest BCUT2D eigenvalue weighted by Gasteiger charge is -2.00. The van der Waals surface area contributed by atoms with Gasteiger partial charge in [0.05, 0.1) is 16.7 Å². The summed E-state index contributed by atoms with van der Waals surface area (Å²) in [6.07, 6.45) is 1.29. The van der Waals surface area contributed by atoms with Gasteiger partial charge in [-0.15, -0.1) is 0 Å². The Balaban J connectivity index is 2.12. The molecule has 1 aromatic carbocycles. The van der Waals surface area contributed by atoms with Crippen LogP contribution in [0.1, 0.15) is 10.5 Å². The van der Waals surface area contributed by atoms with Crippen LogP contribution in [0.2, 0.25) is 10.0 Å². The average Bonchev–Trinajstić information content (AvgIpc) is 2.92. The molecule has 0 atom stereocenters. The Kier molecular flexibility index (Phi) is 5.00. The van der Waals surface area contributed by atoms with Gasteiger partial charge >= 0.3 is 0 Å². The van der Waals surface area contributed by atoms with Crippen molar-refractivity contribution in [2.75, 3.05) is 20.3 Å². The third-order valence-corrected chi connectivity index (χ3v) is 3.23. The second-order valence-electron chi connectivity index (χ2n) is 3.92. The maximum absolute atomic E-state index is 11.7. The second-order valence-corrected chi connectivity index (χ2v) is 4.73. The highest BCUT2D eigenvalue weighted by Crippen LogP contribution is 2.28. The third-order valence-electron chi connectivity index (χ3n) is 2.50. The molecule has 1 amide bonds. The summed E-state index contributed by atoms with van der Waals surface area (Å²) in [6.45, 7) is 0.841. The largest absolute Gasteiger partial charge is 0.444 e. The SMILES string of the molecule is COCCNC(=O)c1coc(-c2ccc(Cl)c(Cl)c2)n1. The van der Waals surface area contributed by atoms with Crippen molar-refractivity contribution < 1.29 is 13.9 Å². The topological polar surface area (TPSA) is 64.4 Å². The van der Waals surface area contributed by atoms with Gasteiger partial charge in [0, 0.05) is 19.2 Å². The minimum absolute atomic E-state index is 0.196. The zero-order valence-corrected chi connectivity index (χ0v) is 12.2. The number of oxazole rings is 1. The zero-order valence-electron chi connectivity index (χ0n) is 10.7. The first-order valence-corrected chi connectivity index (χ1v) is 6.55. The number of hydrogen-bond acceptors (Lipinski definition) is 4. The van der Waals surface area contributed by atoms with E-state index in [-0.39, 0.29) is 11.6 Å². The summed E-state index contributed by atoms with van der Waals surface area (Å²) in [5.41, 5.74) is 0.845. The van der Waals surface area contributed by atoms with Crippen molar-refractivity contribution in [3.8, 4) is 11.5 Å². The molecule has 0 saturated heterocycles. The molecule has 0 aliphatic heterocycles. The second kappa shape index (κ2) is 6.74. The van der Waals surface area contributed by atoms with Crippen molar-refractivity contribution in [3.63, 3.8) is 0 Å². The number of aromatic nitrogens is 1. The van der Waals surface area contributed by atoms with Gasteiger partial charge in [0.25, 0.3) is 5.91 Å². The van der Waals surface area contributed by atoms with Gasteiger partial charge in [-0.2, -0.15) is 0 Å². The van der Waals surface area contributed by atoms with E-state index in [9.17, 15) is 4.79 Å². The summed E-state index contributed by atoms with van der Waals surface area (Å²) in [5, 5.41) is 3.49. The zero-order chi connectivity index (χ0) is 14.5. The molecule has 1 aromatic heterocycles. The maximum Gasteiger partial charge on any atom is 0.273 e. The number of methoxy groups -OCH3 is 1.